The molecule has 2 heterocycles. The highest BCUT2D eigenvalue weighted by molar-refractivity contribution is 5.99. The number of nitrogens with one attached hydrogen (secondary N) is 1. The number of hydrogen-bond donors (Lipinski definition) is 1. The lowest BCUT2D eigenvalue weighted by atomic mass is 10.2. The van der Waals surface area contributed by atoms with Crippen molar-refractivity contribution in [3.8, 4) is 5.75 Å². The molecule has 2 aromatic rings. The number of fused-ring (bicyclic) bond motifs is 1. The van der Waals surface area contributed by atoms with Gasteiger partial charge in [-0.15, -0.1) is 5.10 Å². The lowest BCUT2D eigenvalue weighted by Crippen LogP contribution is -2.35. The molecule has 1 aromatic carbocycles. The van der Waals surface area contributed by atoms with Gasteiger partial charge in [-0.25, -0.2) is 4.68 Å². The Morgan fingerprint density at radius 2 is 2.27 bits per heavy atom. The van der Waals surface area contributed by atoms with Crippen LogP contribution in [0.1, 0.15) is 5.69 Å². The Kier molecular flexibility index (Phi) is 3.50. The molecule has 2 amide bonds. The maximum Gasteiger partial charge on any atom is 0.264 e. The largest absolute Gasteiger partial charge is 0.482 e. The number of rotatable bonds is 3. The number of hydrogen-bond acceptors (Lipinski definition) is 5. The number of likely N-dealkylation sites (N-methyl/N-ethyl adjacent to an activating group) is 1. The maximum atomic E-state index is 12.0. The van der Waals surface area contributed by atoms with Crippen molar-refractivity contribution in [3.63, 3.8) is 0 Å². The lowest BCUT2D eigenvalue weighted by molar-refractivity contribution is -0.121. The summed E-state index contributed by atoms with van der Waals surface area (Å²) in [6.45, 7) is 1.93. The van der Waals surface area contributed by atoms with Crippen molar-refractivity contribution in [1.82, 2.24) is 15.0 Å². The molecule has 0 atom stereocenters. The van der Waals surface area contributed by atoms with Crippen molar-refractivity contribution in [1.29, 1.82) is 0 Å². The molecule has 0 unspecified atom stereocenters. The summed E-state index contributed by atoms with van der Waals surface area (Å²) >= 11 is 0. The van der Waals surface area contributed by atoms with Crippen LogP contribution in [0.4, 0.5) is 11.4 Å². The molecule has 0 aliphatic carbocycles. The monoisotopic (exact) mass is 301 g/mol. The molecule has 8 nitrogen and oxygen atoms in total. The molecule has 1 N–H and O–H groups in total. The van der Waals surface area contributed by atoms with E-state index in [0.717, 1.165) is 5.69 Å². The van der Waals surface area contributed by atoms with Crippen LogP contribution in [-0.2, 0) is 16.1 Å². The number of aromatic nitrogens is 3. The van der Waals surface area contributed by atoms with E-state index in [4.69, 9.17) is 4.74 Å². The van der Waals surface area contributed by atoms with Gasteiger partial charge in [0.25, 0.3) is 5.91 Å². The molecule has 1 aliphatic rings. The van der Waals surface area contributed by atoms with E-state index >= 15 is 0 Å². The third-order valence-electron chi connectivity index (χ3n) is 3.43. The second-order valence-corrected chi connectivity index (χ2v) is 5.01. The summed E-state index contributed by atoms with van der Waals surface area (Å²) in [6, 6.07) is 5.17. The minimum absolute atomic E-state index is 0.0286. The minimum atomic E-state index is -0.223. The Hall–Kier alpha value is -2.90. The fraction of sp³-hybridized carbons (Fsp3) is 0.286. The van der Waals surface area contributed by atoms with Gasteiger partial charge in [-0.3, -0.25) is 9.59 Å². The first-order chi connectivity index (χ1) is 10.5. The van der Waals surface area contributed by atoms with E-state index in [1.165, 1.54) is 9.58 Å². The molecule has 0 spiro atoms. The summed E-state index contributed by atoms with van der Waals surface area (Å²) in [7, 11) is 1.67. The first kappa shape index (κ1) is 14.1. The normalized spacial score (nSPS) is 13.5. The molecule has 0 bridgehead atoms. The van der Waals surface area contributed by atoms with Crippen molar-refractivity contribution >= 4 is 23.2 Å². The number of carbonyl (C=O) groups excluding carboxylic acids is 2. The van der Waals surface area contributed by atoms with Crippen LogP contribution in [0.5, 0.6) is 5.75 Å². The average molecular weight is 301 g/mol. The van der Waals surface area contributed by atoms with Gasteiger partial charge in [0.2, 0.25) is 5.91 Å². The van der Waals surface area contributed by atoms with E-state index in [-0.39, 0.29) is 25.0 Å². The van der Waals surface area contributed by atoms with Crippen LogP contribution >= 0.6 is 0 Å². The number of anilines is 2. The summed E-state index contributed by atoms with van der Waals surface area (Å²) in [4.78, 5) is 25.2. The molecule has 0 saturated carbocycles. The van der Waals surface area contributed by atoms with E-state index in [0.29, 0.717) is 17.1 Å². The van der Waals surface area contributed by atoms with Gasteiger partial charge in [-0.05, 0) is 25.1 Å². The Bertz CT molecular complexity index is 740. The minimum Gasteiger partial charge on any atom is -0.482 e. The van der Waals surface area contributed by atoms with Gasteiger partial charge in [0, 0.05) is 12.7 Å². The standard InChI is InChI=1S/C14H15N5O3/c1-9-6-15-17-19(9)7-13(20)16-10-3-4-12-11(5-10)18(2)14(21)8-22-12/h3-6H,7-8H2,1-2H3,(H,16,20). The predicted octanol–water partition coefficient (Wildman–Crippen LogP) is 0.580. The summed E-state index contributed by atoms with van der Waals surface area (Å²) in [5.74, 6) is 0.265. The molecule has 114 valence electrons. The molecule has 3 rings (SSSR count). The number of carbonyl (C=O) groups is 2. The first-order valence-corrected chi connectivity index (χ1v) is 6.73. The SMILES string of the molecule is Cc1cnnn1CC(=O)Nc1ccc2c(c1)N(C)C(=O)CO2. The van der Waals surface area contributed by atoms with Crippen LogP contribution in [0.25, 0.3) is 0 Å². The third kappa shape index (κ3) is 2.62. The Morgan fingerprint density at radius 1 is 1.45 bits per heavy atom. The zero-order chi connectivity index (χ0) is 15.7. The fourth-order valence-electron chi connectivity index (χ4n) is 2.15. The topological polar surface area (TPSA) is 89.4 Å². The van der Waals surface area contributed by atoms with Crippen molar-refractivity contribution < 1.29 is 14.3 Å². The molecular formula is C14H15N5O3. The van der Waals surface area contributed by atoms with Crippen molar-refractivity contribution in [2.75, 3.05) is 23.9 Å². The number of amides is 2. The zero-order valence-electron chi connectivity index (χ0n) is 12.2. The highest BCUT2D eigenvalue weighted by Crippen LogP contribution is 2.33. The van der Waals surface area contributed by atoms with E-state index < -0.39 is 0 Å². The summed E-state index contributed by atoms with van der Waals surface area (Å²) in [5.41, 5.74) is 2.02. The van der Waals surface area contributed by atoms with Crippen LogP contribution in [0.15, 0.2) is 24.4 Å². The Balaban J connectivity index is 1.75. The molecule has 0 saturated heterocycles. The molecule has 8 heteroatoms. The van der Waals surface area contributed by atoms with Crippen LogP contribution < -0.4 is 15.0 Å². The average Bonchev–Trinajstić information content (AvgIpc) is 2.88. The van der Waals surface area contributed by atoms with Gasteiger partial charge < -0.3 is 15.0 Å². The maximum absolute atomic E-state index is 12.0. The summed E-state index contributed by atoms with van der Waals surface area (Å²) < 4.78 is 6.85. The fourth-order valence-corrected chi connectivity index (χ4v) is 2.15. The Morgan fingerprint density at radius 3 is 3.00 bits per heavy atom. The highest BCUT2D eigenvalue weighted by Gasteiger charge is 2.22. The van der Waals surface area contributed by atoms with Crippen molar-refractivity contribution in [3.05, 3.63) is 30.1 Å². The predicted molar refractivity (Wildman–Crippen MR) is 78.7 cm³/mol. The van der Waals surface area contributed by atoms with Gasteiger partial charge in [-0.2, -0.15) is 0 Å². The molecule has 0 radical (unpaired) electrons. The van der Waals surface area contributed by atoms with Crippen LogP contribution in [-0.4, -0.2) is 40.5 Å². The highest BCUT2D eigenvalue weighted by atomic mass is 16.5. The summed E-state index contributed by atoms with van der Waals surface area (Å²) in [5, 5.41) is 10.3. The third-order valence-corrected chi connectivity index (χ3v) is 3.43. The van der Waals surface area contributed by atoms with Gasteiger partial charge in [0.05, 0.1) is 17.6 Å². The zero-order valence-corrected chi connectivity index (χ0v) is 12.2. The van der Waals surface area contributed by atoms with Gasteiger partial charge >= 0.3 is 0 Å². The molecule has 1 aromatic heterocycles. The van der Waals surface area contributed by atoms with Gasteiger partial charge in [0.15, 0.2) is 6.61 Å². The lowest BCUT2D eigenvalue weighted by Gasteiger charge is -2.26. The van der Waals surface area contributed by atoms with Crippen molar-refractivity contribution in [2.24, 2.45) is 0 Å². The molecule has 22 heavy (non-hydrogen) atoms. The van der Waals surface area contributed by atoms with E-state index in [9.17, 15) is 9.59 Å². The second-order valence-electron chi connectivity index (χ2n) is 5.01. The number of aryl methyl sites for hydroxylation is 1. The summed E-state index contributed by atoms with van der Waals surface area (Å²) in [6.07, 6.45) is 1.59. The number of benzene rings is 1. The van der Waals surface area contributed by atoms with Crippen molar-refractivity contribution in [2.45, 2.75) is 13.5 Å². The quantitative estimate of drug-likeness (QED) is 0.895. The van der Waals surface area contributed by atoms with Gasteiger partial charge in [-0.1, -0.05) is 5.21 Å². The van der Waals surface area contributed by atoms with Crippen LogP contribution in [0.2, 0.25) is 0 Å². The number of nitrogens with zero attached hydrogens (tertiary/aromatic N) is 4. The van der Waals surface area contributed by atoms with Crippen LogP contribution in [0.3, 0.4) is 0 Å². The van der Waals surface area contributed by atoms with Crippen LogP contribution in [0, 0.1) is 6.92 Å². The van der Waals surface area contributed by atoms with E-state index in [2.05, 4.69) is 15.6 Å². The first-order valence-electron chi connectivity index (χ1n) is 6.73. The molecular weight excluding hydrogens is 286 g/mol. The van der Waals surface area contributed by atoms with E-state index in [1.807, 2.05) is 6.92 Å². The van der Waals surface area contributed by atoms with E-state index in [1.54, 1.807) is 31.4 Å². The smallest absolute Gasteiger partial charge is 0.264 e. The number of ether oxygens (including phenoxy) is 1. The van der Waals surface area contributed by atoms with Gasteiger partial charge in [0.1, 0.15) is 12.3 Å². The molecule has 0 fully saturated rings. The second kappa shape index (κ2) is 5.47. The molecule has 1 aliphatic heterocycles. The Labute approximate surface area is 126 Å².